The number of nitrogens with zero attached hydrogens (tertiary/aromatic N) is 4. The van der Waals surface area contributed by atoms with Crippen molar-refractivity contribution < 1.29 is 9.84 Å². The molecule has 0 aliphatic carbocycles. The van der Waals surface area contributed by atoms with Crippen molar-refractivity contribution in [3.8, 4) is 11.5 Å². The van der Waals surface area contributed by atoms with Gasteiger partial charge in [-0.2, -0.15) is 0 Å². The topological polar surface area (TPSA) is 83.4 Å². The van der Waals surface area contributed by atoms with Crippen LogP contribution in [-0.2, 0) is 6.42 Å². The summed E-state index contributed by atoms with van der Waals surface area (Å²) in [4.78, 5) is 6.37. The summed E-state index contributed by atoms with van der Waals surface area (Å²) >= 11 is 0. The molecule has 1 aliphatic rings. The molecule has 0 radical (unpaired) electrons. The molecule has 0 saturated carbocycles. The van der Waals surface area contributed by atoms with Crippen LogP contribution in [0.25, 0.3) is 11.0 Å². The number of benzene rings is 1. The van der Waals surface area contributed by atoms with Crippen LogP contribution in [0.4, 0.5) is 5.95 Å². The van der Waals surface area contributed by atoms with E-state index in [1.54, 1.807) is 0 Å². The predicted octanol–water partition coefficient (Wildman–Crippen LogP) is 0.639. The lowest BCUT2D eigenvalue weighted by Gasteiger charge is -2.10. The number of nitrogens with one attached hydrogen (secondary N) is 1. The van der Waals surface area contributed by atoms with Gasteiger partial charge in [0.1, 0.15) is 11.0 Å². The summed E-state index contributed by atoms with van der Waals surface area (Å²) in [5.74, 6) is 0.991. The van der Waals surface area contributed by atoms with Crippen LogP contribution in [0, 0.1) is 0 Å². The van der Waals surface area contributed by atoms with E-state index in [1.165, 1.54) is 0 Å². The molecule has 0 amide bonds. The van der Waals surface area contributed by atoms with E-state index < -0.39 is 0 Å². The zero-order valence-corrected chi connectivity index (χ0v) is 11.6. The molecule has 2 aromatic rings. The standard InChI is InChI=1S/C13H17N5O2/c1-18(2)5-4-14-13-15-10-9(16-17-13)7-8-3-6-20-12(8)11(10)19/h7,19H,3-6H2,1-2H3,(H,14,15,17). The minimum absolute atomic E-state index is 0.0561. The van der Waals surface area contributed by atoms with Gasteiger partial charge in [0.2, 0.25) is 5.95 Å². The highest BCUT2D eigenvalue weighted by Crippen LogP contribution is 2.39. The molecule has 0 unspecified atom stereocenters. The smallest absolute Gasteiger partial charge is 0.243 e. The molecule has 1 aromatic carbocycles. The number of phenolic OH excluding ortho intramolecular Hbond substituents is 1. The molecule has 0 saturated heterocycles. The van der Waals surface area contributed by atoms with E-state index in [9.17, 15) is 5.11 Å². The number of likely N-dealkylation sites (N-methyl/N-ethyl adjacent to an activating group) is 1. The summed E-state index contributed by atoms with van der Waals surface area (Å²) in [5.41, 5.74) is 1.97. The van der Waals surface area contributed by atoms with E-state index in [0.29, 0.717) is 35.9 Å². The normalized spacial score (nSPS) is 13.6. The molecule has 2 heterocycles. The van der Waals surface area contributed by atoms with Gasteiger partial charge in [0.25, 0.3) is 0 Å². The highest BCUT2D eigenvalue weighted by molar-refractivity contribution is 5.85. The van der Waals surface area contributed by atoms with Gasteiger partial charge in [-0.1, -0.05) is 0 Å². The monoisotopic (exact) mass is 275 g/mol. The molecule has 0 bridgehead atoms. The Morgan fingerprint density at radius 3 is 3.05 bits per heavy atom. The molecule has 0 fully saturated rings. The Labute approximate surface area is 116 Å². The van der Waals surface area contributed by atoms with E-state index in [2.05, 4.69) is 25.4 Å². The lowest BCUT2D eigenvalue weighted by atomic mass is 10.1. The number of hydrogen-bond acceptors (Lipinski definition) is 7. The van der Waals surface area contributed by atoms with Gasteiger partial charge in [0, 0.05) is 25.1 Å². The Bertz CT molecular complexity index is 644. The molecule has 0 spiro atoms. The van der Waals surface area contributed by atoms with Gasteiger partial charge in [0.05, 0.1) is 6.61 Å². The van der Waals surface area contributed by atoms with Crippen LogP contribution in [0.3, 0.4) is 0 Å². The third kappa shape index (κ3) is 2.32. The molecule has 3 rings (SSSR count). The van der Waals surface area contributed by atoms with Gasteiger partial charge in [-0.3, -0.25) is 0 Å². The van der Waals surface area contributed by atoms with Gasteiger partial charge >= 0.3 is 0 Å². The zero-order valence-electron chi connectivity index (χ0n) is 11.6. The Morgan fingerprint density at radius 1 is 1.40 bits per heavy atom. The molecule has 20 heavy (non-hydrogen) atoms. The lowest BCUT2D eigenvalue weighted by Crippen LogP contribution is -2.21. The number of rotatable bonds is 4. The number of hydrogen-bond donors (Lipinski definition) is 2. The average Bonchev–Trinajstić information content (AvgIpc) is 2.88. The van der Waals surface area contributed by atoms with Gasteiger partial charge in [-0.15, -0.1) is 10.2 Å². The molecular formula is C13H17N5O2. The molecule has 7 heteroatoms. The van der Waals surface area contributed by atoms with Crippen molar-refractivity contribution in [1.82, 2.24) is 20.1 Å². The molecular weight excluding hydrogens is 258 g/mol. The van der Waals surface area contributed by atoms with E-state index in [4.69, 9.17) is 4.74 Å². The van der Waals surface area contributed by atoms with Crippen LogP contribution in [0.15, 0.2) is 6.07 Å². The fraction of sp³-hybridized carbons (Fsp3) is 0.462. The first kappa shape index (κ1) is 12.9. The van der Waals surface area contributed by atoms with Crippen LogP contribution in [0.5, 0.6) is 11.5 Å². The molecule has 1 aromatic heterocycles. The Balaban J connectivity index is 1.90. The van der Waals surface area contributed by atoms with Crippen molar-refractivity contribution in [2.24, 2.45) is 0 Å². The van der Waals surface area contributed by atoms with Gasteiger partial charge < -0.3 is 20.1 Å². The molecule has 106 valence electrons. The van der Waals surface area contributed by atoms with E-state index >= 15 is 0 Å². The number of aromatic nitrogens is 3. The summed E-state index contributed by atoms with van der Waals surface area (Å²) in [6.07, 6.45) is 0.781. The first-order valence-corrected chi connectivity index (χ1v) is 6.56. The van der Waals surface area contributed by atoms with Crippen molar-refractivity contribution in [1.29, 1.82) is 0 Å². The maximum Gasteiger partial charge on any atom is 0.243 e. The minimum Gasteiger partial charge on any atom is -0.503 e. The van der Waals surface area contributed by atoms with E-state index in [0.717, 1.165) is 18.5 Å². The number of fused-ring (bicyclic) bond motifs is 2. The second-order valence-corrected chi connectivity index (χ2v) is 5.05. The maximum absolute atomic E-state index is 10.2. The fourth-order valence-corrected chi connectivity index (χ4v) is 2.17. The third-order valence-corrected chi connectivity index (χ3v) is 3.21. The second kappa shape index (κ2) is 5.09. The van der Waals surface area contributed by atoms with Gasteiger partial charge in [0.15, 0.2) is 11.5 Å². The van der Waals surface area contributed by atoms with Crippen LogP contribution in [-0.4, -0.2) is 59.0 Å². The van der Waals surface area contributed by atoms with Crippen molar-refractivity contribution in [3.05, 3.63) is 11.6 Å². The number of aromatic hydroxyl groups is 1. The first-order chi connectivity index (χ1) is 9.65. The summed E-state index contributed by atoms with van der Waals surface area (Å²) in [6.45, 7) is 2.16. The summed E-state index contributed by atoms with van der Waals surface area (Å²) in [5, 5.41) is 21.4. The largest absolute Gasteiger partial charge is 0.503 e. The molecule has 1 aliphatic heterocycles. The van der Waals surface area contributed by atoms with Crippen LogP contribution < -0.4 is 10.1 Å². The molecule has 2 N–H and O–H groups in total. The highest BCUT2D eigenvalue weighted by Gasteiger charge is 2.21. The Kier molecular flexibility index (Phi) is 3.27. The van der Waals surface area contributed by atoms with Gasteiger partial charge in [-0.25, -0.2) is 4.98 Å². The van der Waals surface area contributed by atoms with Crippen LogP contribution in [0.1, 0.15) is 5.56 Å². The lowest BCUT2D eigenvalue weighted by molar-refractivity contribution is 0.336. The molecule has 7 nitrogen and oxygen atoms in total. The number of ether oxygens (including phenoxy) is 1. The van der Waals surface area contributed by atoms with Crippen molar-refractivity contribution in [2.75, 3.05) is 39.1 Å². The Hall–Kier alpha value is -2.15. The number of phenols is 1. The van der Waals surface area contributed by atoms with E-state index in [1.807, 2.05) is 20.2 Å². The predicted molar refractivity (Wildman–Crippen MR) is 75.2 cm³/mol. The third-order valence-electron chi connectivity index (χ3n) is 3.21. The summed E-state index contributed by atoms with van der Waals surface area (Å²) in [7, 11) is 3.99. The first-order valence-electron chi connectivity index (χ1n) is 6.56. The fourth-order valence-electron chi connectivity index (χ4n) is 2.17. The SMILES string of the molecule is CN(C)CCNc1nnc2cc3c(c(O)c2n1)OCC3. The van der Waals surface area contributed by atoms with Crippen molar-refractivity contribution in [2.45, 2.75) is 6.42 Å². The van der Waals surface area contributed by atoms with Crippen LogP contribution in [0.2, 0.25) is 0 Å². The zero-order chi connectivity index (χ0) is 14.1. The maximum atomic E-state index is 10.2. The van der Waals surface area contributed by atoms with Crippen molar-refractivity contribution in [3.63, 3.8) is 0 Å². The summed E-state index contributed by atoms with van der Waals surface area (Å²) < 4.78 is 5.42. The average molecular weight is 275 g/mol. The van der Waals surface area contributed by atoms with Gasteiger partial charge in [-0.05, 0) is 20.2 Å². The second-order valence-electron chi connectivity index (χ2n) is 5.05. The quantitative estimate of drug-likeness (QED) is 0.847. The van der Waals surface area contributed by atoms with Crippen LogP contribution >= 0.6 is 0 Å². The van der Waals surface area contributed by atoms with E-state index in [-0.39, 0.29) is 5.75 Å². The summed E-state index contributed by atoms with van der Waals surface area (Å²) in [6, 6.07) is 1.88. The Morgan fingerprint density at radius 2 is 2.25 bits per heavy atom. The van der Waals surface area contributed by atoms with Crippen molar-refractivity contribution >= 4 is 17.0 Å². The number of anilines is 1. The molecule has 0 atom stereocenters. The highest BCUT2D eigenvalue weighted by atomic mass is 16.5. The minimum atomic E-state index is 0.0561.